The van der Waals surface area contributed by atoms with Crippen molar-refractivity contribution in [3.8, 4) is 5.75 Å². The monoisotopic (exact) mass is 291 g/mol. The van der Waals surface area contributed by atoms with Crippen LogP contribution in [0.1, 0.15) is 51.5 Å². The molecule has 0 spiro atoms. The van der Waals surface area contributed by atoms with E-state index < -0.39 is 0 Å². The number of ether oxygens (including phenoxy) is 1. The molecule has 0 aliphatic heterocycles. The number of nitrogens with one attached hydrogen (secondary N) is 1. The van der Waals surface area contributed by atoms with Crippen molar-refractivity contribution < 1.29 is 4.74 Å². The standard InChI is InChI=1S/C19H33NO/c1-5-7-10-16(6-2)13-17(15-20-3)14-18-11-8-9-12-19(18)21-4/h8-9,11-12,16-17,20H,5-7,10,13-15H2,1-4H3. The summed E-state index contributed by atoms with van der Waals surface area (Å²) in [4.78, 5) is 0. The summed E-state index contributed by atoms with van der Waals surface area (Å²) in [5.41, 5.74) is 1.34. The first-order chi connectivity index (χ1) is 10.2. The van der Waals surface area contributed by atoms with Gasteiger partial charge in [0.2, 0.25) is 0 Å². The van der Waals surface area contributed by atoms with E-state index in [4.69, 9.17) is 4.74 Å². The number of rotatable bonds is 11. The maximum Gasteiger partial charge on any atom is 0.122 e. The lowest BCUT2D eigenvalue weighted by Gasteiger charge is -2.23. The van der Waals surface area contributed by atoms with E-state index in [2.05, 4.69) is 44.4 Å². The lowest BCUT2D eigenvalue weighted by atomic mass is 9.85. The number of benzene rings is 1. The Bertz CT molecular complexity index is 378. The van der Waals surface area contributed by atoms with Crippen LogP contribution in [0.15, 0.2) is 24.3 Å². The van der Waals surface area contributed by atoms with E-state index in [0.29, 0.717) is 5.92 Å². The Hall–Kier alpha value is -1.02. The highest BCUT2D eigenvalue weighted by Crippen LogP contribution is 2.27. The molecule has 21 heavy (non-hydrogen) atoms. The molecule has 0 radical (unpaired) electrons. The summed E-state index contributed by atoms with van der Waals surface area (Å²) in [5.74, 6) is 2.58. The molecule has 0 saturated heterocycles. The second-order valence-electron chi connectivity index (χ2n) is 6.09. The maximum atomic E-state index is 5.50. The first kappa shape index (κ1) is 18.0. The lowest BCUT2D eigenvalue weighted by molar-refractivity contribution is 0.325. The van der Waals surface area contributed by atoms with E-state index in [-0.39, 0.29) is 0 Å². The van der Waals surface area contributed by atoms with Gasteiger partial charge in [0.1, 0.15) is 5.75 Å². The zero-order valence-corrected chi connectivity index (χ0v) is 14.3. The number of hydrogen-bond donors (Lipinski definition) is 1. The Labute approximate surface area is 131 Å². The SMILES string of the molecule is CCCCC(CC)CC(CNC)Cc1ccccc1OC. The van der Waals surface area contributed by atoms with E-state index in [1.807, 2.05) is 6.07 Å². The van der Waals surface area contributed by atoms with Crippen LogP contribution in [0, 0.1) is 11.8 Å². The van der Waals surface area contributed by atoms with E-state index in [1.54, 1.807) is 7.11 Å². The Balaban J connectivity index is 2.67. The number of para-hydroxylation sites is 1. The van der Waals surface area contributed by atoms with Crippen LogP contribution >= 0.6 is 0 Å². The van der Waals surface area contributed by atoms with E-state index in [0.717, 1.165) is 24.6 Å². The summed E-state index contributed by atoms with van der Waals surface area (Å²) in [7, 11) is 3.82. The molecule has 2 nitrogen and oxygen atoms in total. The van der Waals surface area contributed by atoms with Crippen LogP contribution in [0.2, 0.25) is 0 Å². The Kier molecular flexibility index (Phi) is 9.16. The van der Waals surface area contributed by atoms with Gasteiger partial charge in [0.05, 0.1) is 7.11 Å². The Morgan fingerprint density at radius 2 is 1.90 bits per heavy atom. The summed E-state index contributed by atoms with van der Waals surface area (Å²) in [6.45, 7) is 5.70. The number of hydrogen-bond acceptors (Lipinski definition) is 2. The van der Waals surface area contributed by atoms with Gasteiger partial charge in [-0.25, -0.2) is 0 Å². The van der Waals surface area contributed by atoms with Crippen molar-refractivity contribution in [3.63, 3.8) is 0 Å². The van der Waals surface area contributed by atoms with Crippen molar-refractivity contribution in [2.75, 3.05) is 20.7 Å². The number of methoxy groups -OCH3 is 1. The van der Waals surface area contributed by atoms with Gasteiger partial charge in [-0.15, -0.1) is 0 Å². The predicted octanol–water partition coefficient (Wildman–Crippen LogP) is 4.68. The molecule has 2 heteroatoms. The summed E-state index contributed by atoms with van der Waals surface area (Å²) < 4.78 is 5.50. The van der Waals surface area contributed by atoms with E-state index >= 15 is 0 Å². The van der Waals surface area contributed by atoms with Gasteiger partial charge >= 0.3 is 0 Å². The zero-order valence-electron chi connectivity index (χ0n) is 14.3. The topological polar surface area (TPSA) is 21.3 Å². The van der Waals surface area contributed by atoms with Crippen molar-refractivity contribution in [1.29, 1.82) is 0 Å². The third-order valence-corrected chi connectivity index (χ3v) is 4.40. The van der Waals surface area contributed by atoms with Gasteiger partial charge in [-0.2, -0.15) is 0 Å². The average Bonchev–Trinajstić information content (AvgIpc) is 2.52. The Morgan fingerprint density at radius 3 is 2.52 bits per heavy atom. The van der Waals surface area contributed by atoms with Crippen LogP contribution in [-0.2, 0) is 6.42 Å². The predicted molar refractivity (Wildman–Crippen MR) is 92.0 cm³/mol. The molecule has 0 aliphatic rings. The molecular weight excluding hydrogens is 258 g/mol. The molecule has 1 N–H and O–H groups in total. The van der Waals surface area contributed by atoms with Crippen molar-refractivity contribution in [2.45, 2.75) is 52.4 Å². The summed E-state index contributed by atoms with van der Waals surface area (Å²) >= 11 is 0. The molecule has 1 rings (SSSR count). The first-order valence-electron chi connectivity index (χ1n) is 8.51. The molecule has 0 saturated carbocycles. The molecule has 1 aromatic rings. The minimum atomic E-state index is 0.688. The molecule has 0 fully saturated rings. The first-order valence-corrected chi connectivity index (χ1v) is 8.51. The van der Waals surface area contributed by atoms with Gasteiger partial charge in [0.25, 0.3) is 0 Å². The third-order valence-electron chi connectivity index (χ3n) is 4.40. The van der Waals surface area contributed by atoms with Gasteiger partial charge in [-0.3, -0.25) is 0 Å². The minimum Gasteiger partial charge on any atom is -0.496 e. The summed E-state index contributed by atoms with van der Waals surface area (Å²) in [6.07, 6.45) is 7.76. The minimum absolute atomic E-state index is 0.688. The molecule has 0 amide bonds. The van der Waals surface area contributed by atoms with Crippen molar-refractivity contribution in [3.05, 3.63) is 29.8 Å². The Morgan fingerprint density at radius 1 is 1.14 bits per heavy atom. The fourth-order valence-electron chi connectivity index (χ4n) is 3.16. The van der Waals surface area contributed by atoms with E-state index in [1.165, 1.54) is 37.7 Å². The van der Waals surface area contributed by atoms with Gasteiger partial charge in [0.15, 0.2) is 0 Å². The second kappa shape index (κ2) is 10.7. The highest BCUT2D eigenvalue weighted by molar-refractivity contribution is 5.33. The highest BCUT2D eigenvalue weighted by atomic mass is 16.5. The quantitative estimate of drug-likeness (QED) is 0.639. The van der Waals surface area contributed by atoms with Crippen LogP contribution in [0.5, 0.6) is 5.75 Å². The van der Waals surface area contributed by atoms with Crippen LogP contribution in [0.4, 0.5) is 0 Å². The second-order valence-corrected chi connectivity index (χ2v) is 6.09. The van der Waals surface area contributed by atoms with Gasteiger partial charge in [-0.05, 0) is 49.9 Å². The van der Waals surface area contributed by atoms with Crippen molar-refractivity contribution in [1.82, 2.24) is 5.32 Å². The smallest absolute Gasteiger partial charge is 0.122 e. The van der Waals surface area contributed by atoms with Crippen molar-refractivity contribution >= 4 is 0 Å². The van der Waals surface area contributed by atoms with Crippen LogP contribution in [0.25, 0.3) is 0 Å². The van der Waals surface area contributed by atoms with Gasteiger partial charge in [-0.1, -0.05) is 57.7 Å². The van der Waals surface area contributed by atoms with Gasteiger partial charge < -0.3 is 10.1 Å². The normalized spacial score (nSPS) is 13.9. The molecular formula is C19H33NO. The van der Waals surface area contributed by atoms with E-state index in [9.17, 15) is 0 Å². The highest BCUT2D eigenvalue weighted by Gasteiger charge is 2.17. The molecule has 1 aromatic carbocycles. The van der Waals surface area contributed by atoms with Crippen LogP contribution in [0.3, 0.4) is 0 Å². The zero-order chi connectivity index (χ0) is 15.5. The van der Waals surface area contributed by atoms with Gasteiger partial charge in [0, 0.05) is 0 Å². The number of unbranched alkanes of at least 4 members (excludes halogenated alkanes) is 1. The third kappa shape index (κ3) is 6.52. The largest absolute Gasteiger partial charge is 0.496 e. The summed E-state index contributed by atoms with van der Waals surface area (Å²) in [6, 6.07) is 8.43. The molecule has 120 valence electrons. The maximum absolute atomic E-state index is 5.50. The van der Waals surface area contributed by atoms with Crippen LogP contribution < -0.4 is 10.1 Å². The molecule has 2 unspecified atom stereocenters. The lowest BCUT2D eigenvalue weighted by Crippen LogP contribution is -2.23. The summed E-state index contributed by atoms with van der Waals surface area (Å²) in [5, 5.41) is 3.37. The molecule has 0 aromatic heterocycles. The molecule has 0 bridgehead atoms. The van der Waals surface area contributed by atoms with Crippen molar-refractivity contribution in [2.24, 2.45) is 11.8 Å². The average molecular weight is 291 g/mol. The fourth-order valence-corrected chi connectivity index (χ4v) is 3.16. The molecule has 2 atom stereocenters. The van der Waals surface area contributed by atoms with Crippen LogP contribution in [-0.4, -0.2) is 20.7 Å². The molecule has 0 aliphatic carbocycles. The fraction of sp³-hybridized carbons (Fsp3) is 0.684. The molecule has 0 heterocycles.